The van der Waals surface area contributed by atoms with E-state index in [1.54, 1.807) is 0 Å². The number of hydrogen-bond donors (Lipinski definition) is 3. The van der Waals surface area contributed by atoms with Crippen LogP contribution in [-0.2, 0) is 4.79 Å². The second-order valence-corrected chi connectivity index (χ2v) is 5.18. The molecule has 1 aliphatic heterocycles. The minimum Gasteiger partial charge on any atom is -0.481 e. The van der Waals surface area contributed by atoms with Crippen LogP contribution in [-0.4, -0.2) is 29.7 Å². The molecule has 0 aliphatic carbocycles. The Labute approximate surface area is 107 Å². The van der Waals surface area contributed by atoms with E-state index in [-0.39, 0.29) is 18.0 Å². The first-order valence-electron chi connectivity index (χ1n) is 6.28. The van der Waals surface area contributed by atoms with Crippen LogP contribution in [0.3, 0.4) is 0 Å². The van der Waals surface area contributed by atoms with Crippen LogP contribution >= 0.6 is 0 Å². The average Bonchev–Trinajstić information content (AvgIpc) is 2.25. The summed E-state index contributed by atoms with van der Waals surface area (Å²) in [7, 11) is 0. The highest BCUT2D eigenvalue weighted by atomic mass is 16.4. The van der Waals surface area contributed by atoms with E-state index in [0.717, 1.165) is 13.1 Å². The Morgan fingerprint density at radius 3 is 2.67 bits per heavy atom. The van der Waals surface area contributed by atoms with Crippen molar-refractivity contribution in [2.45, 2.75) is 31.8 Å². The van der Waals surface area contributed by atoms with Crippen LogP contribution in [0.1, 0.15) is 30.5 Å². The van der Waals surface area contributed by atoms with Gasteiger partial charge in [-0.3, -0.25) is 4.79 Å². The summed E-state index contributed by atoms with van der Waals surface area (Å²) < 4.78 is 0. The number of carboxylic acid groups (broad SMARTS) is 1. The third kappa shape index (κ3) is 2.71. The Kier molecular flexibility index (Phi) is 3.68. The number of nitrogens with one attached hydrogen (secondary N) is 2. The number of aryl methyl sites for hydroxylation is 1. The molecule has 2 rings (SSSR count). The molecule has 1 heterocycles. The van der Waals surface area contributed by atoms with Gasteiger partial charge in [0, 0.05) is 19.1 Å². The van der Waals surface area contributed by atoms with Crippen LogP contribution in [0, 0.1) is 6.92 Å². The van der Waals surface area contributed by atoms with Gasteiger partial charge in [-0.05, 0) is 25.0 Å². The normalized spacial score (nSPS) is 19.0. The highest BCUT2D eigenvalue weighted by molar-refractivity contribution is 5.69. The van der Waals surface area contributed by atoms with Crippen molar-refractivity contribution in [2.24, 2.45) is 0 Å². The van der Waals surface area contributed by atoms with E-state index in [0.29, 0.717) is 0 Å². The van der Waals surface area contributed by atoms with Crippen molar-refractivity contribution in [3.8, 4) is 0 Å². The van der Waals surface area contributed by atoms with Gasteiger partial charge in [0.1, 0.15) is 0 Å². The molecule has 1 aromatic carbocycles. The first-order valence-corrected chi connectivity index (χ1v) is 6.28. The summed E-state index contributed by atoms with van der Waals surface area (Å²) in [4.78, 5) is 10.9. The fourth-order valence-electron chi connectivity index (χ4n) is 2.60. The van der Waals surface area contributed by atoms with Crippen LogP contribution < -0.4 is 10.6 Å². The topological polar surface area (TPSA) is 61.4 Å². The first kappa shape index (κ1) is 13.1. The largest absolute Gasteiger partial charge is 0.481 e. The van der Waals surface area contributed by atoms with Crippen molar-refractivity contribution in [3.05, 3.63) is 35.4 Å². The number of aliphatic carboxylic acids is 1. The monoisotopic (exact) mass is 248 g/mol. The summed E-state index contributed by atoms with van der Waals surface area (Å²) in [5.41, 5.74) is 2.16. The van der Waals surface area contributed by atoms with E-state index in [9.17, 15) is 4.79 Å². The fourth-order valence-corrected chi connectivity index (χ4v) is 2.60. The number of carboxylic acids is 1. The molecule has 1 aromatic rings. The molecule has 3 N–H and O–H groups in total. The van der Waals surface area contributed by atoms with Crippen molar-refractivity contribution >= 4 is 5.97 Å². The Balaban J connectivity index is 2.08. The number of hydrogen-bond acceptors (Lipinski definition) is 3. The van der Waals surface area contributed by atoms with E-state index < -0.39 is 5.97 Å². The molecule has 1 fully saturated rings. The standard InChI is InChI=1S/C14H20N2O2/c1-10-5-3-4-6-12(10)11(2)16-14(7-13(17)18)8-15-9-14/h3-6,11,15-16H,7-9H2,1-2H3,(H,17,18)/t11-/m0/s1. The molecule has 1 saturated heterocycles. The summed E-state index contributed by atoms with van der Waals surface area (Å²) in [5, 5.41) is 15.6. The Morgan fingerprint density at radius 1 is 1.50 bits per heavy atom. The molecule has 1 aliphatic rings. The van der Waals surface area contributed by atoms with E-state index >= 15 is 0 Å². The smallest absolute Gasteiger partial charge is 0.305 e. The zero-order valence-electron chi connectivity index (χ0n) is 10.9. The summed E-state index contributed by atoms with van der Waals surface area (Å²) in [6.45, 7) is 5.60. The molecule has 0 amide bonds. The van der Waals surface area contributed by atoms with E-state index in [4.69, 9.17) is 5.11 Å². The highest BCUT2D eigenvalue weighted by Crippen LogP contribution is 2.24. The lowest BCUT2D eigenvalue weighted by atomic mass is 9.86. The maximum Gasteiger partial charge on any atom is 0.305 e. The lowest BCUT2D eigenvalue weighted by Gasteiger charge is -2.44. The molecule has 0 unspecified atom stereocenters. The van der Waals surface area contributed by atoms with E-state index in [2.05, 4.69) is 36.6 Å². The third-order valence-corrected chi connectivity index (χ3v) is 3.59. The van der Waals surface area contributed by atoms with Crippen LogP contribution in [0.25, 0.3) is 0 Å². The summed E-state index contributed by atoms with van der Waals surface area (Å²) >= 11 is 0. The van der Waals surface area contributed by atoms with Gasteiger partial charge in [-0.1, -0.05) is 24.3 Å². The van der Waals surface area contributed by atoms with Crippen LogP contribution in [0.4, 0.5) is 0 Å². The van der Waals surface area contributed by atoms with Gasteiger partial charge in [-0.15, -0.1) is 0 Å². The minimum atomic E-state index is -0.749. The van der Waals surface area contributed by atoms with Gasteiger partial charge in [0.25, 0.3) is 0 Å². The number of carbonyl (C=O) groups is 1. The molecule has 0 aromatic heterocycles. The van der Waals surface area contributed by atoms with Crippen LogP contribution in [0.15, 0.2) is 24.3 Å². The maximum atomic E-state index is 10.9. The van der Waals surface area contributed by atoms with Gasteiger partial charge in [-0.25, -0.2) is 0 Å². The van der Waals surface area contributed by atoms with Gasteiger partial charge < -0.3 is 15.7 Å². The number of rotatable bonds is 5. The SMILES string of the molecule is Cc1ccccc1[C@H](C)NC1(CC(=O)O)CNC1. The molecule has 4 nitrogen and oxygen atoms in total. The minimum absolute atomic E-state index is 0.160. The highest BCUT2D eigenvalue weighted by Gasteiger charge is 2.40. The van der Waals surface area contributed by atoms with Crippen molar-refractivity contribution in [1.29, 1.82) is 0 Å². The molecule has 18 heavy (non-hydrogen) atoms. The second kappa shape index (κ2) is 5.08. The molecular formula is C14H20N2O2. The van der Waals surface area contributed by atoms with Crippen molar-refractivity contribution in [1.82, 2.24) is 10.6 Å². The van der Waals surface area contributed by atoms with Crippen molar-refractivity contribution in [2.75, 3.05) is 13.1 Å². The third-order valence-electron chi connectivity index (χ3n) is 3.59. The first-order chi connectivity index (χ1) is 8.52. The fraction of sp³-hybridized carbons (Fsp3) is 0.500. The molecule has 0 bridgehead atoms. The molecule has 1 atom stereocenters. The van der Waals surface area contributed by atoms with Gasteiger partial charge in [0.05, 0.1) is 12.0 Å². The summed E-state index contributed by atoms with van der Waals surface area (Å²) in [5.74, 6) is -0.749. The lowest BCUT2D eigenvalue weighted by molar-refractivity contribution is -0.139. The van der Waals surface area contributed by atoms with Gasteiger partial charge in [0.2, 0.25) is 0 Å². The molecular weight excluding hydrogens is 228 g/mol. The van der Waals surface area contributed by atoms with Gasteiger partial charge >= 0.3 is 5.97 Å². The lowest BCUT2D eigenvalue weighted by Crippen LogP contribution is -2.68. The maximum absolute atomic E-state index is 10.9. The Hall–Kier alpha value is -1.39. The Bertz CT molecular complexity index is 441. The van der Waals surface area contributed by atoms with Crippen molar-refractivity contribution in [3.63, 3.8) is 0 Å². The van der Waals surface area contributed by atoms with E-state index in [1.807, 2.05) is 12.1 Å². The van der Waals surface area contributed by atoms with Crippen LogP contribution in [0.2, 0.25) is 0 Å². The molecule has 0 saturated carbocycles. The van der Waals surface area contributed by atoms with Crippen molar-refractivity contribution < 1.29 is 9.90 Å². The molecule has 0 radical (unpaired) electrons. The van der Waals surface area contributed by atoms with Gasteiger partial charge in [0.15, 0.2) is 0 Å². The predicted octanol–water partition coefficient (Wildman–Crippen LogP) is 1.46. The number of benzene rings is 1. The second-order valence-electron chi connectivity index (χ2n) is 5.18. The Morgan fingerprint density at radius 2 is 2.17 bits per heavy atom. The molecule has 4 heteroatoms. The molecule has 0 spiro atoms. The molecule has 98 valence electrons. The van der Waals surface area contributed by atoms with Gasteiger partial charge in [-0.2, -0.15) is 0 Å². The zero-order chi connectivity index (χ0) is 13.2. The van der Waals surface area contributed by atoms with E-state index in [1.165, 1.54) is 11.1 Å². The summed E-state index contributed by atoms with van der Waals surface area (Å²) in [6, 6.07) is 8.37. The zero-order valence-corrected chi connectivity index (χ0v) is 10.9. The average molecular weight is 248 g/mol. The predicted molar refractivity (Wildman–Crippen MR) is 70.6 cm³/mol. The quantitative estimate of drug-likeness (QED) is 0.738. The summed E-state index contributed by atoms with van der Waals surface area (Å²) in [6.07, 6.45) is 0.163. The van der Waals surface area contributed by atoms with Crippen LogP contribution in [0.5, 0.6) is 0 Å².